The van der Waals surface area contributed by atoms with Crippen molar-refractivity contribution < 1.29 is 4.39 Å². The average molecular weight is 181 g/mol. The van der Waals surface area contributed by atoms with E-state index in [0.717, 1.165) is 5.82 Å². The maximum atomic E-state index is 13.1. The molecule has 0 radical (unpaired) electrons. The molecule has 1 aliphatic heterocycles. The van der Waals surface area contributed by atoms with Crippen LogP contribution >= 0.6 is 0 Å². The molecule has 1 aromatic rings. The van der Waals surface area contributed by atoms with Crippen molar-refractivity contribution in [3.05, 3.63) is 24.4 Å². The number of pyridine rings is 1. The van der Waals surface area contributed by atoms with Crippen molar-refractivity contribution in [1.29, 1.82) is 0 Å². The molecule has 2 rings (SSSR count). The molecule has 0 saturated carbocycles. The lowest BCUT2D eigenvalue weighted by atomic mass is 10.3. The molecule has 1 aromatic heterocycles. The smallest absolute Gasteiger partial charge is 0.134 e. The second kappa shape index (κ2) is 3.30. The lowest BCUT2D eigenvalue weighted by Crippen LogP contribution is -2.30. The molecular formula is C9H12FN3. The summed E-state index contributed by atoms with van der Waals surface area (Å²) in [5, 5.41) is 0. The number of rotatable bonds is 1. The molecule has 2 atom stereocenters. The number of anilines is 1. The fourth-order valence-corrected chi connectivity index (χ4v) is 1.52. The Morgan fingerprint density at radius 1 is 1.46 bits per heavy atom. The van der Waals surface area contributed by atoms with E-state index in [0.29, 0.717) is 13.1 Å². The minimum absolute atomic E-state index is 0.359. The van der Waals surface area contributed by atoms with Crippen LogP contribution in [0.3, 0.4) is 0 Å². The van der Waals surface area contributed by atoms with Crippen molar-refractivity contribution in [1.82, 2.24) is 4.98 Å². The second-order valence-corrected chi connectivity index (χ2v) is 3.27. The van der Waals surface area contributed by atoms with Crippen molar-refractivity contribution >= 4 is 5.82 Å². The highest BCUT2D eigenvalue weighted by Gasteiger charge is 2.30. The minimum atomic E-state index is -0.929. The number of hydrogen-bond acceptors (Lipinski definition) is 3. The summed E-state index contributed by atoms with van der Waals surface area (Å²) in [6.45, 7) is 0.913. The van der Waals surface area contributed by atoms with Crippen molar-refractivity contribution in [3.63, 3.8) is 0 Å². The van der Waals surface area contributed by atoms with Gasteiger partial charge in [-0.15, -0.1) is 0 Å². The molecule has 1 fully saturated rings. The van der Waals surface area contributed by atoms with E-state index in [-0.39, 0.29) is 6.04 Å². The third-order valence-electron chi connectivity index (χ3n) is 2.26. The van der Waals surface area contributed by atoms with Gasteiger partial charge in [0.25, 0.3) is 0 Å². The van der Waals surface area contributed by atoms with Gasteiger partial charge >= 0.3 is 0 Å². The van der Waals surface area contributed by atoms with Gasteiger partial charge in [-0.3, -0.25) is 0 Å². The Hall–Kier alpha value is -1.16. The standard InChI is InChI=1S/C9H12FN3/c10-7-5-13(6-8(7)11)9-3-1-2-4-12-9/h1-4,7-8H,5-6,11H2. The Kier molecular flexibility index (Phi) is 2.14. The topological polar surface area (TPSA) is 42.1 Å². The number of nitrogens with two attached hydrogens (primary N) is 1. The molecule has 3 nitrogen and oxygen atoms in total. The van der Waals surface area contributed by atoms with E-state index in [1.54, 1.807) is 6.20 Å². The maximum Gasteiger partial charge on any atom is 0.134 e. The van der Waals surface area contributed by atoms with Crippen LogP contribution in [0.25, 0.3) is 0 Å². The van der Waals surface area contributed by atoms with Crippen molar-refractivity contribution in [2.24, 2.45) is 5.73 Å². The summed E-state index contributed by atoms with van der Waals surface area (Å²) < 4.78 is 13.1. The molecule has 2 unspecified atom stereocenters. The molecule has 0 aliphatic carbocycles. The monoisotopic (exact) mass is 181 g/mol. The number of alkyl halides is 1. The third-order valence-corrected chi connectivity index (χ3v) is 2.26. The van der Waals surface area contributed by atoms with Crippen LogP contribution < -0.4 is 10.6 Å². The largest absolute Gasteiger partial charge is 0.352 e. The first-order valence-electron chi connectivity index (χ1n) is 4.33. The summed E-state index contributed by atoms with van der Waals surface area (Å²) in [5.74, 6) is 0.804. The predicted molar refractivity (Wildman–Crippen MR) is 49.3 cm³/mol. The number of nitrogens with zero attached hydrogens (tertiary/aromatic N) is 2. The van der Waals surface area contributed by atoms with Gasteiger partial charge in [0.1, 0.15) is 12.0 Å². The van der Waals surface area contributed by atoms with E-state index in [4.69, 9.17) is 5.73 Å². The summed E-state index contributed by atoms with van der Waals surface area (Å²) in [7, 11) is 0. The van der Waals surface area contributed by atoms with Gasteiger partial charge in [0, 0.05) is 12.7 Å². The van der Waals surface area contributed by atoms with Crippen molar-refractivity contribution in [2.45, 2.75) is 12.2 Å². The molecule has 0 amide bonds. The molecule has 0 spiro atoms. The third kappa shape index (κ3) is 1.62. The first-order chi connectivity index (χ1) is 6.27. The minimum Gasteiger partial charge on any atom is -0.352 e. The highest BCUT2D eigenvalue weighted by molar-refractivity contribution is 5.40. The highest BCUT2D eigenvalue weighted by Crippen LogP contribution is 2.18. The van der Waals surface area contributed by atoms with Gasteiger partial charge in [0.05, 0.1) is 12.6 Å². The lowest BCUT2D eigenvalue weighted by molar-refractivity contribution is 0.333. The van der Waals surface area contributed by atoms with E-state index in [2.05, 4.69) is 4.98 Å². The van der Waals surface area contributed by atoms with E-state index >= 15 is 0 Å². The van der Waals surface area contributed by atoms with Crippen LogP contribution in [0.1, 0.15) is 0 Å². The van der Waals surface area contributed by atoms with E-state index in [1.807, 2.05) is 23.1 Å². The Morgan fingerprint density at radius 2 is 2.31 bits per heavy atom. The van der Waals surface area contributed by atoms with E-state index < -0.39 is 6.17 Å². The summed E-state index contributed by atoms with van der Waals surface area (Å²) in [6.07, 6.45) is 0.772. The molecule has 13 heavy (non-hydrogen) atoms. The van der Waals surface area contributed by atoms with Crippen LogP contribution in [0.5, 0.6) is 0 Å². The van der Waals surface area contributed by atoms with Gasteiger partial charge in [-0.05, 0) is 12.1 Å². The average Bonchev–Trinajstić information content (AvgIpc) is 2.49. The molecule has 2 heterocycles. The summed E-state index contributed by atoms with van der Waals surface area (Å²) in [5.41, 5.74) is 5.56. The van der Waals surface area contributed by atoms with Gasteiger partial charge in [-0.1, -0.05) is 6.07 Å². The Bertz CT molecular complexity index is 267. The summed E-state index contributed by atoms with van der Waals surface area (Å²) >= 11 is 0. The van der Waals surface area contributed by atoms with Crippen molar-refractivity contribution in [3.8, 4) is 0 Å². The van der Waals surface area contributed by atoms with Crippen LogP contribution in [0.4, 0.5) is 10.2 Å². The number of halogens is 1. The fraction of sp³-hybridized carbons (Fsp3) is 0.444. The van der Waals surface area contributed by atoms with Gasteiger partial charge < -0.3 is 10.6 Å². The Labute approximate surface area is 76.4 Å². The molecular weight excluding hydrogens is 169 g/mol. The van der Waals surface area contributed by atoms with E-state index in [1.165, 1.54) is 0 Å². The first-order valence-corrected chi connectivity index (χ1v) is 4.33. The quantitative estimate of drug-likeness (QED) is 0.688. The maximum absolute atomic E-state index is 13.1. The van der Waals surface area contributed by atoms with Crippen LogP contribution in [0.2, 0.25) is 0 Å². The normalized spacial score (nSPS) is 28.0. The SMILES string of the molecule is NC1CN(c2ccccn2)CC1F. The lowest BCUT2D eigenvalue weighted by Gasteiger charge is -2.15. The molecule has 2 N–H and O–H groups in total. The van der Waals surface area contributed by atoms with Crippen LogP contribution in [-0.2, 0) is 0 Å². The second-order valence-electron chi connectivity index (χ2n) is 3.27. The van der Waals surface area contributed by atoms with Crippen molar-refractivity contribution in [2.75, 3.05) is 18.0 Å². The van der Waals surface area contributed by atoms with Gasteiger partial charge in [-0.25, -0.2) is 9.37 Å². The molecule has 0 bridgehead atoms. The van der Waals surface area contributed by atoms with Crippen LogP contribution in [0.15, 0.2) is 24.4 Å². The highest BCUT2D eigenvalue weighted by atomic mass is 19.1. The van der Waals surface area contributed by atoms with E-state index in [9.17, 15) is 4.39 Å². The van der Waals surface area contributed by atoms with Gasteiger partial charge in [-0.2, -0.15) is 0 Å². The summed E-state index contributed by atoms with van der Waals surface area (Å²) in [4.78, 5) is 6.00. The number of hydrogen-bond donors (Lipinski definition) is 1. The molecule has 1 saturated heterocycles. The Morgan fingerprint density at radius 3 is 2.85 bits per heavy atom. The number of aromatic nitrogens is 1. The van der Waals surface area contributed by atoms with Gasteiger partial charge in [0.2, 0.25) is 0 Å². The zero-order valence-electron chi connectivity index (χ0n) is 7.23. The van der Waals surface area contributed by atoms with Crippen LogP contribution in [-0.4, -0.2) is 30.3 Å². The summed E-state index contributed by atoms with van der Waals surface area (Å²) in [6, 6.07) is 5.22. The fourth-order valence-electron chi connectivity index (χ4n) is 1.52. The molecule has 4 heteroatoms. The predicted octanol–water partition coefficient (Wildman–Crippen LogP) is 0.567. The molecule has 70 valence electrons. The van der Waals surface area contributed by atoms with Crippen LogP contribution in [0, 0.1) is 0 Å². The Balaban J connectivity index is 2.12. The zero-order valence-corrected chi connectivity index (χ0v) is 7.23. The van der Waals surface area contributed by atoms with Gasteiger partial charge in [0.15, 0.2) is 0 Å². The molecule has 0 aromatic carbocycles. The zero-order chi connectivity index (χ0) is 9.26. The first kappa shape index (κ1) is 8.44. The molecule has 1 aliphatic rings.